The highest BCUT2D eigenvalue weighted by Gasteiger charge is 2.16. The Morgan fingerprint density at radius 1 is 1.62 bits per heavy atom. The second-order valence-corrected chi connectivity index (χ2v) is 2.61. The van der Waals surface area contributed by atoms with Gasteiger partial charge in [-0.05, 0) is 0 Å². The first kappa shape index (κ1) is 11.5. The van der Waals surface area contributed by atoms with Crippen LogP contribution in [-0.2, 0) is 14.3 Å². The van der Waals surface area contributed by atoms with Crippen LogP contribution in [0.15, 0.2) is 0 Å². The molecule has 0 saturated carbocycles. The number of nitrogens with one attached hydrogen (secondary N) is 1. The molecule has 1 N–H and O–H groups in total. The molecule has 4 heteroatoms. The number of methoxy groups -OCH3 is 1. The summed E-state index contributed by atoms with van der Waals surface area (Å²) in [5, 5.41) is 2.46. The van der Waals surface area contributed by atoms with Gasteiger partial charge in [0.15, 0.2) is 0 Å². The highest BCUT2D eigenvalue weighted by Crippen LogP contribution is 2.02. The van der Waals surface area contributed by atoms with Crippen molar-refractivity contribution < 1.29 is 14.3 Å². The van der Waals surface area contributed by atoms with E-state index in [0.29, 0.717) is 0 Å². The monoisotopic (exact) mass is 183 g/mol. The van der Waals surface area contributed by atoms with E-state index in [1.807, 2.05) is 0 Å². The van der Waals surface area contributed by atoms with Gasteiger partial charge in [-0.3, -0.25) is 9.59 Å². The average Bonchev–Trinajstić information content (AvgIpc) is 2.13. The molecule has 0 aliphatic carbocycles. The van der Waals surface area contributed by atoms with Gasteiger partial charge in [0.2, 0.25) is 5.91 Å². The number of terminal acetylenes is 1. The summed E-state index contributed by atoms with van der Waals surface area (Å²) in [7, 11) is 1.29. The summed E-state index contributed by atoms with van der Waals surface area (Å²) in [6, 6.07) is 0. The predicted molar refractivity (Wildman–Crippen MR) is 47.6 cm³/mol. The van der Waals surface area contributed by atoms with Crippen molar-refractivity contribution in [2.75, 3.05) is 13.7 Å². The van der Waals surface area contributed by atoms with Gasteiger partial charge in [-0.2, -0.15) is 0 Å². The van der Waals surface area contributed by atoms with Crippen LogP contribution in [0.4, 0.5) is 0 Å². The molecule has 0 spiro atoms. The first-order valence-corrected chi connectivity index (χ1v) is 3.89. The Kier molecular flexibility index (Phi) is 5.37. The quantitative estimate of drug-likeness (QED) is 0.490. The van der Waals surface area contributed by atoms with Crippen LogP contribution in [-0.4, -0.2) is 25.5 Å². The molecular formula is C9H13NO3. The fourth-order valence-corrected chi connectivity index (χ4v) is 0.784. The van der Waals surface area contributed by atoms with Gasteiger partial charge < -0.3 is 10.1 Å². The number of esters is 1. The minimum Gasteiger partial charge on any atom is -0.469 e. The van der Waals surface area contributed by atoms with Crippen molar-refractivity contribution in [2.24, 2.45) is 5.92 Å². The molecule has 0 rings (SSSR count). The minimum absolute atomic E-state index is 0.106. The number of carbonyl (C=O) groups excluding carboxylic acids is 2. The molecule has 0 aromatic carbocycles. The van der Waals surface area contributed by atoms with Crippen LogP contribution in [0.5, 0.6) is 0 Å². The van der Waals surface area contributed by atoms with Crippen LogP contribution in [0, 0.1) is 18.3 Å². The molecule has 0 aliphatic heterocycles. The molecule has 1 amide bonds. The highest BCUT2D eigenvalue weighted by molar-refractivity contribution is 5.82. The molecule has 1 unspecified atom stereocenters. The third kappa shape index (κ3) is 4.86. The fraction of sp³-hybridized carbons (Fsp3) is 0.556. The average molecular weight is 183 g/mol. The van der Waals surface area contributed by atoms with Crippen molar-refractivity contribution in [3.05, 3.63) is 0 Å². The number of amides is 1. The first-order valence-electron chi connectivity index (χ1n) is 3.89. The van der Waals surface area contributed by atoms with Gasteiger partial charge in [-0.1, -0.05) is 12.8 Å². The van der Waals surface area contributed by atoms with E-state index in [1.54, 1.807) is 6.92 Å². The number of hydrogen-bond donors (Lipinski definition) is 1. The van der Waals surface area contributed by atoms with Crippen LogP contribution in [0.3, 0.4) is 0 Å². The zero-order valence-electron chi connectivity index (χ0n) is 7.79. The Morgan fingerprint density at radius 2 is 2.23 bits per heavy atom. The van der Waals surface area contributed by atoms with Crippen molar-refractivity contribution in [3.8, 4) is 12.3 Å². The van der Waals surface area contributed by atoms with Gasteiger partial charge in [0, 0.05) is 6.42 Å². The molecule has 0 heterocycles. The third-order valence-electron chi connectivity index (χ3n) is 1.48. The van der Waals surface area contributed by atoms with E-state index in [9.17, 15) is 9.59 Å². The van der Waals surface area contributed by atoms with E-state index < -0.39 is 11.9 Å². The standard InChI is InChI=1S/C9H13NO3/c1-4-5-10-8(11)6-7(2)9(12)13-3/h1,7H,5-6H2,2-3H3,(H,10,11). The molecule has 0 aliphatic rings. The number of carbonyl (C=O) groups is 2. The minimum atomic E-state index is -0.428. The SMILES string of the molecule is C#CCNC(=O)CC(C)C(=O)OC. The Bertz CT molecular complexity index is 230. The predicted octanol–water partition coefficient (Wildman–Crippen LogP) is -0.0650. The lowest BCUT2D eigenvalue weighted by Gasteiger charge is -2.07. The van der Waals surface area contributed by atoms with Crippen molar-refractivity contribution in [1.29, 1.82) is 0 Å². The Labute approximate surface area is 77.6 Å². The molecule has 0 aromatic heterocycles. The second-order valence-electron chi connectivity index (χ2n) is 2.61. The van der Waals surface area contributed by atoms with Gasteiger partial charge >= 0.3 is 5.97 Å². The summed E-state index contributed by atoms with van der Waals surface area (Å²) in [6.45, 7) is 1.81. The van der Waals surface area contributed by atoms with Crippen molar-refractivity contribution in [1.82, 2.24) is 5.32 Å². The molecule has 0 fully saturated rings. The summed E-state index contributed by atoms with van der Waals surface area (Å²) >= 11 is 0. The molecule has 1 atom stereocenters. The Morgan fingerprint density at radius 3 is 2.69 bits per heavy atom. The zero-order chi connectivity index (χ0) is 10.3. The van der Waals surface area contributed by atoms with E-state index in [2.05, 4.69) is 16.0 Å². The number of hydrogen-bond acceptors (Lipinski definition) is 3. The second kappa shape index (κ2) is 6.06. The van der Waals surface area contributed by atoms with Crippen LogP contribution in [0.2, 0.25) is 0 Å². The van der Waals surface area contributed by atoms with Crippen LogP contribution in [0.25, 0.3) is 0 Å². The molecule has 0 saturated heterocycles. The van der Waals surface area contributed by atoms with Crippen molar-refractivity contribution >= 4 is 11.9 Å². The largest absolute Gasteiger partial charge is 0.469 e. The zero-order valence-corrected chi connectivity index (χ0v) is 7.79. The van der Waals surface area contributed by atoms with Gasteiger partial charge in [0.05, 0.1) is 19.6 Å². The maximum atomic E-state index is 11.0. The summed E-state index contributed by atoms with van der Waals surface area (Å²) in [6.07, 6.45) is 5.04. The smallest absolute Gasteiger partial charge is 0.308 e. The van der Waals surface area contributed by atoms with E-state index in [1.165, 1.54) is 7.11 Å². The fourth-order valence-electron chi connectivity index (χ4n) is 0.784. The summed E-state index contributed by atoms with van der Waals surface area (Å²) in [5.41, 5.74) is 0. The number of ether oxygens (including phenoxy) is 1. The van der Waals surface area contributed by atoms with Crippen LogP contribution < -0.4 is 5.32 Å². The van der Waals surface area contributed by atoms with E-state index >= 15 is 0 Å². The molecule has 4 nitrogen and oxygen atoms in total. The van der Waals surface area contributed by atoms with Crippen molar-refractivity contribution in [3.63, 3.8) is 0 Å². The van der Waals surface area contributed by atoms with Gasteiger partial charge in [-0.15, -0.1) is 6.42 Å². The maximum absolute atomic E-state index is 11.0. The third-order valence-corrected chi connectivity index (χ3v) is 1.48. The Hall–Kier alpha value is -1.50. The van der Waals surface area contributed by atoms with Crippen molar-refractivity contribution in [2.45, 2.75) is 13.3 Å². The van der Waals surface area contributed by atoms with Gasteiger partial charge in [-0.25, -0.2) is 0 Å². The lowest BCUT2D eigenvalue weighted by molar-refractivity contribution is -0.146. The normalized spacial score (nSPS) is 11.2. The van der Waals surface area contributed by atoms with Gasteiger partial charge in [0.25, 0.3) is 0 Å². The molecule has 0 bridgehead atoms. The molecule has 72 valence electrons. The van der Waals surface area contributed by atoms with Crippen LogP contribution in [0.1, 0.15) is 13.3 Å². The molecular weight excluding hydrogens is 170 g/mol. The van der Waals surface area contributed by atoms with E-state index in [-0.39, 0.29) is 18.9 Å². The highest BCUT2D eigenvalue weighted by atomic mass is 16.5. The van der Waals surface area contributed by atoms with Crippen LogP contribution >= 0.6 is 0 Å². The summed E-state index contributed by atoms with van der Waals surface area (Å²) in [4.78, 5) is 21.9. The lowest BCUT2D eigenvalue weighted by Crippen LogP contribution is -2.27. The maximum Gasteiger partial charge on any atom is 0.308 e. The summed E-state index contributed by atoms with van der Waals surface area (Å²) < 4.78 is 4.46. The molecule has 0 aromatic rings. The molecule has 0 radical (unpaired) electrons. The topological polar surface area (TPSA) is 55.4 Å². The van der Waals surface area contributed by atoms with Gasteiger partial charge in [0.1, 0.15) is 0 Å². The lowest BCUT2D eigenvalue weighted by atomic mass is 10.1. The number of rotatable bonds is 4. The first-order chi connectivity index (χ1) is 6.11. The molecule has 13 heavy (non-hydrogen) atoms. The Balaban J connectivity index is 3.79. The van der Waals surface area contributed by atoms with E-state index in [0.717, 1.165) is 0 Å². The van der Waals surface area contributed by atoms with E-state index in [4.69, 9.17) is 6.42 Å². The summed E-state index contributed by atoms with van der Waals surface area (Å²) in [5.74, 6) is 1.21.